The van der Waals surface area contributed by atoms with Gasteiger partial charge in [-0.15, -0.1) is 18.3 Å². The Morgan fingerprint density at radius 2 is 2.05 bits per heavy atom. The highest BCUT2D eigenvalue weighted by Gasteiger charge is 2.12. The average molecular weight is 285 g/mol. The number of fused-ring (bicyclic) bond motifs is 1. The van der Waals surface area contributed by atoms with E-state index in [1.807, 2.05) is 13.0 Å². The van der Waals surface area contributed by atoms with Crippen molar-refractivity contribution < 1.29 is 4.79 Å². The highest BCUT2D eigenvalue weighted by Crippen LogP contribution is 2.24. The molecule has 0 spiro atoms. The van der Waals surface area contributed by atoms with E-state index in [0.717, 1.165) is 5.75 Å². The van der Waals surface area contributed by atoms with Gasteiger partial charge in [0.25, 0.3) is 0 Å². The van der Waals surface area contributed by atoms with Crippen molar-refractivity contribution in [1.82, 2.24) is 5.32 Å². The second-order valence-corrected chi connectivity index (χ2v) is 5.95. The van der Waals surface area contributed by atoms with E-state index in [2.05, 4.69) is 48.3 Å². The molecular weight excluding hydrogens is 266 g/mol. The number of benzene rings is 2. The fourth-order valence-electron chi connectivity index (χ4n) is 2.03. The summed E-state index contributed by atoms with van der Waals surface area (Å²) in [5.41, 5.74) is 1.27. The van der Waals surface area contributed by atoms with Crippen molar-refractivity contribution in [2.24, 2.45) is 0 Å². The lowest BCUT2D eigenvalue weighted by Crippen LogP contribution is -2.30. The van der Waals surface area contributed by atoms with Crippen LogP contribution in [0, 0.1) is 0 Å². The minimum absolute atomic E-state index is 0.0612. The molecule has 1 atom stereocenters. The summed E-state index contributed by atoms with van der Waals surface area (Å²) < 4.78 is 0. The summed E-state index contributed by atoms with van der Waals surface area (Å²) in [6.45, 7) is 6.06. The molecule has 2 aromatic carbocycles. The fourth-order valence-corrected chi connectivity index (χ4v) is 2.94. The van der Waals surface area contributed by atoms with E-state index in [-0.39, 0.29) is 11.2 Å². The van der Waals surface area contributed by atoms with Crippen molar-refractivity contribution in [2.75, 3.05) is 6.54 Å². The molecule has 0 aliphatic heterocycles. The largest absolute Gasteiger partial charge is 0.352 e. The van der Waals surface area contributed by atoms with E-state index in [1.54, 1.807) is 17.8 Å². The van der Waals surface area contributed by atoms with Gasteiger partial charge < -0.3 is 5.32 Å². The van der Waals surface area contributed by atoms with Crippen molar-refractivity contribution in [2.45, 2.75) is 17.9 Å². The average Bonchev–Trinajstić information content (AvgIpc) is 2.50. The molecule has 0 radical (unpaired) electrons. The molecule has 0 bridgehead atoms. The molecule has 0 aliphatic carbocycles. The second kappa shape index (κ2) is 7.15. The molecular formula is C17H19NOS. The first kappa shape index (κ1) is 14.7. The molecule has 104 valence electrons. The molecule has 0 unspecified atom stereocenters. The fraction of sp³-hybridized carbons (Fsp3) is 0.235. The summed E-state index contributed by atoms with van der Waals surface area (Å²) >= 11 is 1.66. The van der Waals surface area contributed by atoms with Crippen LogP contribution in [0.2, 0.25) is 0 Å². The summed E-state index contributed by atoms with van der Waals surface area (Å²) in [7, 11) is 0. The number of hydrogen-bond donors (Lipinski definition) is 1. The molecule has 20 heavy (non-hydrogen) atoms. The molecule has 2 nitrogen and oxygen atoms in total. The van der Waals surface area contributed by atoms with Gasteiger partial charge in [0.15, 0.2) is 0 Å². The van der Waals surface area contributed by atoms with E-state index in [4.69, 9.17) is 0 Å². The molecule has 1 amide bonds. The molecule has 3 heteroatoms. The summed E-state index contributed by atoms with van der Waals surface area (Å²) in [6.07, 6.45) is 1.69. The normalized spacial score (nSPS) is 12.1. The van der Waals surface area contributed by atoms with Crippen LogP contribution in [-0.2, 0) is 10.5 Å². The zero-order valence-corrected chi connectivity index (χ0v) is 12.5. The first-order chi connectivity index (χ1) is 9.72. The molecule has 0 aromatic heterocycles. The summed E-state index contributed by atoms with van der Waals surface area (Å²) in [5.74, 6) is 0.902. The van der Waals surface area contributed by atoms with Gasteiger partial charge in [-0.25, -0.2) is 0 Å². The highest BCUT2D eigenvalue weighted by molar-refractivity contribution is 7.99. The summed E-state index contributed by atoms with van der Waals surface area (Å²) in [4.78, 5) is 11.8. The van der Waals surface area contributed by atoms with Crippen LogP contribution < -0.4 is 5.32 Å². The maximum atomic E-state index is 11.8. The Hall–Kier alpha value is -1.74. The van der Waals surface area contributed by atoms with Gasteiger partial charge in [0.05, 0.1) is 5.25 Å². The van der Waals surface area contributed by atoms with E-state index >= 15 is 0 Å². The first-order valence-corrected chi connectivity index (χ1v) is 7.74. The molecule has 0 aliphatic rings. The van der Waals surface area contributed by atoms with Crippen molar-refractivity contribution in [3.05, 3.63) is 60.7 Å². The molecule has 1 N–H and O–H groups in total. The van der Waals surface area contributed by atoms with Crippen LogP contribution in [0.15, 0.2) is 55.1 Å². The van der Waals surface area contributed by atoms with Crippen molar-refractivity contribution in [3.63, 3.8) is 0 Å². The van der Waals surface area contributed by atoms with Gasteiger partial charge in [-0.1, -0.05) is 48.5 Å². The minimum atomic E-state index is -0.0612. The van der Waals surface area contributed by atoms with Gasteiger partial charge in [-0.2, -0.15) is 0 Å². The van der Waals surface area contributed by atoms with Crippen LogP contribution in [-0.4, -0.2) is 17.7 Å². The Kier molecular flexibility index (Phi) is 5.24. The van der Waals surface area contributed by atoms with Crippen molar-refractivity contribution >= 4 is 28.4 Å². The number of rotatable bonds is 6. The lowest BCUT2D eigenvalue weighted by Gasteiger charge is -2.12. The van der Waals surface area contributed by atoms with Gasteiger partial charge in [-0.05, 0) is 23.3 Å². The van der Waals surface area contributed by atoms with Crippen molar-refractivity contribution in [3.8, 4) is 0 Å². The number of amides is 1. The van der Waals surface area contributed by atoms with Gasteiger partial charge in [-0.3, -0.25) is 4.79 Å². The van der Waals surface area contributed by atoms with E-state index in [1.165, 1.54) is 16.3 Å². The SMILES string of the molecule is C=CCNC(=O)[C@@H](C)SCc1cccc2ccccc12. The Morgan fingerprint density at radius 3 is 2.85 bits per heavy atom. The topological polar surface area (TPSA) is 29.1 Å². The maximum absolute atomic E-state index is 11.8. The van der Waals surface area contributed by atoms with E-state index < -0.39 is 0 Å². The van der Waals surface area contributed by atoms with Gasteiger partial charge >= 0.3 is 0 Å². The van der Waals surface area contributed by atoms with Crippen LogP contribution in [0.25, 0.3) is 10.8 Å². The predicted octanol–water partition coefficient (Wildman–Crippen LogP) is 3.76. The summed E-state index contributed by atoms with van der Waals surface area (Å²) in [6, 6.07) is 14.7. The van der Waals surface area contributed by atoms with Crippen LogP contribution in [0.3, 0.4) is 0 Å². The third-order valence-electron chi connectivity index (χ3n) is 3.16. The standard InChI is InChI=1S/C17H19NOS/c1-3-11-18-17(19)13(2)20-12-15-9-6-8-14-7-4-5-10-16(14)15/h3-10,13H,1,11-12H2,2H3,(H,18,19)/t13-/m1/s1. The molecule has 0 fully saturated rings. The van der Waals surface area contributed by atoms with E-state index in [0.29, 0.717) is 6.54 Å². The quantitative estimate of drug-likeness (QED) is 0.819. The molecule has 2 rings (SSSR count). The molecule has 2 aromatic rings. The van der Waals surface area contributed by atoms with Crippen molar-refractivity contribution in [1.29, 1.82) is 0 Å². The minimum Gasteiger partial charge on any atom is -0.352 e. The third-order valence-corrected chi connectivity index (χ3v) is 4.35. The molecule has 0 heterocycles. The predicted molar refractivity (Wildman–Crippen MR) is 87.9 cm³/mol. The van der Waals surface area contributed by atoms with Crippen LogP contribution in [0.1, 0.15) is 12.5 Å². The number of carbonyl (C=O) groups is 1. The Morgan fingerprint density at radius 1 is 1.30 bits per heavy atom. The maximum Gasteiger partial charge on any atom is 0.233 e. The van der Waals surface area contributed by atoms with E-state index in [9.17, 15) is 4.79 Å². The zero-order valence-electron chi connectivity index (χ0n) is 11.6. The Labute approximate surface area is 124 Å². The lowest BCUT2D eigenvalue weighted by atomic mass is 10.1. The summed E-state index contributed by atoms with van der Waals surface area (Å²) in [5, 5.41) is 5.28. The molecule has 0 saturated heterocycles. The van der Waals surface area contributed by atoms with Gasteiger partial charge in [0.2, 0.25) is 5.91 Å². The Balaban J connectivity index is 2.02. The lowest BCUT2D eigenvalue weighted by molar-refractivity contribution is -0.120. The third kappa shape index (κ3) is 3.64. The number of hydrogen-bond acceptors (Lipinski definition) is 2. The zero-order chi connectivity index (χ0) is 14.4. The molecule has 0 saturated carbocycles. The number of carbonyl (C=O) groups excluding carboxylic acids is 1. The van der Waals surface area contributed by atoms with Gasteiger partial charge in [0.1, 0.15) is 0 Å². The number of nitrogens with one attached hydrogen (secondary N) is 1. The monoisotopic (exact) mass is 285 g/mol. The second-order valence-electron chi connectivity index (χ2n) is 4.63. The van der Waals surface area contributed by atoms with Crippen LogP contribution in [0.5, 0.6) is 0 Å². The van der Waals surface area contributed by atoms with Crippen LogP contribution in [0.4, 0.5) is 0 Å². The van der Waals surface area contributed by atoms with Gasteiger partial charge in [0, 0.05) is 12.3 Å². The highest BCUT2D eigenvalue weighted by atomic mass is 32.2. The first-order valence-electron chi connectivity index (χ1n) is 6.69. The smallest absolute Gasteiger partial charge is 0.233 e. The van der Waals surface area contributed by atoms with Crippen LogP contribution >= 0.6 is 11.8 Å². The Bertz CT molecular complexity index is 603. The number of thioether (sulfide) groups is 1.